The van der Waals surface area contributed by atoms with E-state index in [1.807, 2.05) is 0 Å². The second-order valence-electron chi connectivity index (χ2n) is 4.49. The van der Waals surface area contributed by atoms with Crippen LogP contribution in [0.2, 0.25) is 0 Å². The third-order valence-electron chi connectivity index (χ3n) is 2.89. The number of benzene rings is 1. The first kappa shape index (κ1) is 11.0. The Bertz CT molecular complexity index is 396. The molecule has 0 saturated heterocycles. The zero-order valence-corrected chi connectivity index (χ0v) is 10.2. The van der Waals surface area contributed by atoms with Gasteiger partial charge >= 0.3 is 0 Å². The van der Waals surface area contributed by atoms with E-state index in [9.17, 15) is 0 Å². The molecular formula is C13H19N3. The van der Waals surface area contributed by atoms with Crippen LogP contribution in [0.4, 0.5) is 5.69 Å². The van der Waals surface area contributed by atoms with E-state index >= 15 is 0 Å². The van der Waals surface area contributed by atoms with Crippen molar-refractivity contribution in [3.63, 3.8) is 0 Å². The quantitative estimate of drug-likeness (QED) is 0.824. The Balaban J connectivity index is 2.21. The van der Waals surface area contributed by atoms with E-state index in [4.69, 9.17) is 0 Å². The number of para-hydroxylation sites is 1. The lowest BCUT2D eigenvalue weighted by Gasteiger charge is -2.18. The standard InChI is InChI=1S/C13H19N3/c1-10(2)11-6-4-5-7-12(11)15-13-14-8-9-16(13)3/h4-7,10H,8-9H2,1-3H3,(H,14,15). The second-order valence-corrected chi connectivity index (χ2v) is 4.49. The average Bonchev–Trinajstić information content (AvgIpc) is 2.65. The van der Waals surface area contributed by atoms with Crippen LogP contribution in [0.5, 0.6) is 0 Å². The van der Waals surface area contributed by atoms with Gasteiger partial charge in [0.1, 0.15) is 0 Å². The molecule has 0 amide bonds. The number of anilines is 1. The number of hydrogen-bond acceptors (Lipinski definition) is 3. The molecule has 0 radical (unpaired) electrons. The van der Waals surface area contributed by atoms with Gasteiger partial charge in [-0.2, -0.15) is 0 Å². The fraction of sp³-hybridized carbons (Fsp3) is 0.462. The monoisotopic (exact) mass is 217 g/mol. The van der Waals surface area contributed by atoms with E-state index in [2.05, 4.69) is 60.4 Å². The lowest BCUT2D eigenvalue weighted by molar-refractivity contribution is 0.554. The maximum absolute atomic E-state index is 4.44. The predicted octanol–water partition coefficient (Wildman–Crippen LogP) is 2.52. The summed E-state index contributed by atoms with van der Waals surface area (Å²) in [6.45, 7) is 6.32. The summed E-state index contributed by atoms with van der Waals surface area (Å²) < 4.78 is 0. The molecule has 1 N–H and O–H groups in total. The van der Waals surface area contributed by atoms with E-state index in [0.29, 0.717) is 5.92 Å². The van der Waals surface area contributed by atoms with E-state index in [-0.39, 0.29) is 0 Å². The molecule has 1 aromatic carbocycles. The Morgan fingerprint density at radius 1 is 1.31 bits per heavy atom. The van der Waals surface area contributed by atoms with E-state index in [1.165, 1.54) is 11.3 Å². The van der Waals surface area contributed by atoms with Crippen LogP contribution in [0.25, 0.3) is 0 Å². The first-order valence-electron chi connectivity index (χ1n) is 5.80. The molecule has 1 aromatic rings. The summed E-state index contributed by atoms with van der Waals surface area (Å²) in [5, 5.41) is 3.42. The summed E-state index contributed by atoms with van der Waals surface area (Å²) in [7, 11) is 2.07. The zero-order chi connectivity index (χ0) is 11.5. The SMILES string of the molecule is CC(C)c1ccccc1NC1=NCCN1C. The van der Waals surface area contributed by atoms with Crippen LogP contribution < -0.4 is 5.32 Å². The van der Waals surface area contributed by atoms with Crippen molar-refractivity contribution in [1.82, 2.24) is 4.90 Å². The fourth-order valence-electron chi connectivity index (χ4n) is 1.90. The topological polar surface area (TPSA) is 27.6 Å². The highest BCUT2D eigenvalue weighted by Gasteiger charge is 2.14. The molecule has 86 valence electrons. The number of aliphatic imine (C=N–C) groups is 1. The highest BCUT2D eigenvalue weighted by atomic mass is 15.3. The van der Waals surface area contributed by atoms with Gasteiger partial charge in [0, 0.05) is 19.3 Å². The minimum atomic E-state index is 0.524. The third-order valence-corrected chi connectivity index (χ3v) is 2.89. The van der Waals surface area contributed by atoms with Crippen LogP contribution in [0.1, 0.15) is 25.3 Å². The van der Waals surface area contributed by atoms with E-state index < -0.39 is 0 Å². The molecule has 0 saturated carbocycles. The maximum Gasteiger partial charge on any atom is 0.198 e. The van der Waals surface area contributed by atoms with Gasteiger partial charge in [0.25, 0.3) is 0 Å². The second kappa shape index (κ2) is 4.56. The van der Waals surface area contributed by atoms with Crippen molar-refractivity contribution in [3.05, 3.63) is 29.8 Å². The molecule has 1 heterocycles. The Kier molecular flexibility index (Phi) is 3.13. The Morgan fingerprint density at radius 2 is 2.06 bits per heavy atom. The zero-order valence-electron chi connectivity index (χ0n) is 10.2. The smallest absolute Gasteiger partial charge is 0.198 e. The molecular weight excluding hydrogens is 198 g/mol. The number of nitrogens with zero attached hydrogens (tertiary/aromatic N) is 2. The lowest BCUT2D eigenvalue weighted by atomic mass is 10.0. The molecule has 0 aliphatic carbocycles. The van der Waals surface area contributed by atoms with Gasteiger partial charge < -0.3 is 10.2 Å². The Morgan fingerprint density at radius 3 is 2.69 bits per heavy atom. The number of guanidine groups is 1. The first-order valence-corrected chi connectivity index (χ1v) is 5.80. The molecule has 0 atom stereocenters. The Labute approximate surface area is 97.2 Å². The summed E-state index contributed by atoms with van der Waals surface area (Å²) in [5.41, 5.74) is 2.51. The van der Waals surface area contributed by atoms with Gasteiger partial charge in [-0.3, -0.25) is 4.99 Å². The number of nitrogens with one attached hydrogen (secondary N) is 1. The van der Waals surface area contributed by atoms with Crippen molar-refractivity contribution in [1.29, 1.82) is 0 Å². The van der Waals surface area contributed by atoms with Gasteiger partial charge in [-0.1, -0.05) is 32.0 Å². The molecule has 1 aliphatic heterocycles. The van der Waals surface area contributed by atoms with Crippen molar-refractivity contribution < 1.29 is 0 Å². The van der Waals surface area contributed by atoms with Gasteiger partial charge in [-0.05, 0) is 17.5 Å². The van der Waals surface area contributed by atoms with Crippen molar-refractivity contribution in [2.45, 2.75) is 19.8 Å². The van der Waals surface area contributed by atoms with Gasteiger partial charge in [-0.25, -0.2) is 0 Å². The minimum Gasteiger partial charge on any atom is -0.344 e. The highest BCUT2D eigenvalue weighted by Crippen LogP contribution is 2.24. The molecule has 1 aliphatic rings. The molecule has 2 rings (SSSR count). The van der Waals surface area contributed by atoms with Crippen LogP contribution in [-0.2, 0) is 0 Å². The number of rotatable bonds is 2. The van der Waals surface area contributed by atoms with E-state index in [0.717, 1.165) is 19.0 Å². The molecule has 3 heteroatoms. The normalized spacial score (nSPS) is 15.5. The molecule has 0 aromatic heterocycles. The Hall–Kier alpha value is -1.51. The molecule has 0 bridgehead atoms. The summed E-state index contributed by atoms with van der Waals surface area (Å²) >= 11 is 0. The highest BCUT2D eigenvalue weighted by molar-refractivity contribution is 5.95. The maximum atomic E-state index is 4.44. The van der Waals surface area contributed by atoms with Crippen LogP contribution in [0, 0.1) is 0 Å². The van der Waals surface area contributed by atoms with Gasteiger partial charge in [-0.15, -0.1) is 0 Å². The molecule has 16 heavy (non-hydrogen) atoms. The van der Waals surface area contributed by atoms with Crippen molar-refractivity contribution >= 4 is 11.6 Å². The predicted molar refractivity (Wildman–Crippen MR) is 69.1 cm³/mol. The van der Waals surface area contributed by atoms with Crippen molar-refractivity contribution in [3.8, 4) is 0 Å². The van der Waals surface area contributed by atoms with Crippen LogP contribution in [0.15, 0.2) is 29.3 Å². The summed E-state index contributed by atoms with van der Waals surface area (Å²) in [6, 6.07) is 8.43. The number of hydrogen-bond donors (Lipinski definition) is 1. The fourth-order valence-corrected chi connectivity index (χ4v) is 1.90. The summed E-state index contributed by atoms with van der Waals surface area (Å²) in [5.74, 6) is 1.50. The van der Waals surface area contributed by atoms with Gasteiger partial charge in [0.05, 0.1) is 6.54 Å². The third kappa shape index (κ3) is 2.18. The molecule has 0 unspecified atom stereocenters. The summed E-state index contributed by atoms with van der Waals surface area (Å²) in [6.07, 6.45) is 0. The largest absolute Gasteiger partial charge is 0.344 e. The molecule has 0 fully saturated rings. The number of likely N-dealkylation sites (N-methyl/N-ethyl adjacent to an activating group) is 1. The lowest BCUT2D eigenvalue weighted by Crippen LogP contribution is -2.29. The molecule has 0 spiro atoms. The van der Waals surface area contributed by atoms with Crippen LogP contribution in [0.3, 0.4) is 0 Å². The van der Waals surface area contributed by atoms with Crippen LogP contribution >= 0.6 is 0 Å². The first-order chi connectivity index (χ1) is 7.68. The minimum absolute atomic E-state index is 0.524. The average molecular weight is 217 g/mol. The summed E-state index contributed by atoms with van der Waals surface area (Å²) in [4.78, 5) is 6.59. The van der Waals surface area contributed by atoms with E-state index in [1.54, 1.807) is 0 Å². The van der Waals surface area contributed by atoms with Crippen molar-refractivity contribution in [2.24, 2.45) is 4.99 Å². The van der Waals surface area contributed by atoms with Crippen molar-refractivity contribution in [2.75, 3.05) is 25.5 Å². The van der Waals surface area contributed by atoms with Gasteiger partial charge in [0.15, 0.2) is 5.96 Å². The molecule has 3 nitrogen and oxygen atoms in total. The van der Waals surface area contributed by atoms with Gasteiger partial charge in [0.2, 0.25) is 0 Å². The van der Waals surface area contributed by atoms with Crippen LogP contribution in [-0.4, -0.2) is 31.0 Å².